The number of β-amino-alcohol motifs (C(OH)–C–C–N with tert-alkyl or cyclic N) is 1. The molecule has 1 aromatic rings. The van der Waals surface area contributed by atoms with Crippen LogP contribution in [0.3, 0.4) is 0 Å². The number of aliphatic hydroxyl groups excluding tert-OH is 1. The maximum Gasteiger partial charge on any atom is 0.224 e. The zero-order valence-electron chi connectivity index (χ0n) is 10.1. The van der Waals surface area contributed by atoms with Gasteiger partial charge in [0.25, 0.3) is 0 Å². The number of aryl methyl sites for hydroxylation is 1. The predicted octanol–water partition coefficient (Wildman–Crippen LogP) is 0.724. The van der Waals surface area contributed by atoms with Gasteiger partial charge in [-0.1, -0.05) is 0 Å². The Morgan fingerprint density at radius 2 is 2.22 bits per heavy atom. The van der Waals surface area contributed by atoms with Crippen molar-refractivity contribution >= 4 is 23.0 Å². The molecule has 2 aliphatic rings. The van der Waals surface area contributed by atoms with E-state index in [2.05, 4.69) is 10.2 Å². The highest BCUT2D eigenvalue weighted by atomic mass is 16.3. The average Bonchev–Trinajstić information content (AvgIpc) is 2.75. The Morgan fingerprint density at radius 1 is 1.39 bits per heavy atom. The lowest BCUT2D eigenvalue weighted by Crippen LogP contribution is -2.24. The van der Waals surface area contributed by atoms with E-state index in [0.29, 0.717) is 13.0 Å². The fraction of sp³-hybridized carbons (Fsp3) is 0.462. The minimum atomic E-state index is -0.282. The predicted molar refractivity (Wildman–Crippen MR) is 70.6 cm³/mol. The van der Waals surface area contributed by atoms with Crippen LogP contribution < -0.4 is 16.0 Å². The van der Waals surface area contributed by atoms with Crippen LogP contribution in [0.4, 0.5) is 17.1 Å². The summed E-state index contributed by atoms with van der Waals surface area (Å²) in [5.41, 5.74) is 9.65. The molecule has 2 aliphatic heterocycles. The topological polar surface area (TPSA) is 78.6 Å². The highest BCUT2D eigenvalue weighted by Crippen LogP contribution is 2.34. The molecule has 1 aromatic carbocycles. The molecule has 0 saturated carbocycles. The first kappa shape index (κ1) is 11.3. The molecule has 18 heavy (non-hydrogen) atoms. The van der Waals surface area contributed by atoms with Crippen LogP contribution in [0.15, 0.2) is 12.1 Å². The number of nitrogens with two attached hydrogens (primary N) is 1. The number of hydrogen-bond acceptors (Lipinski definition) is 4. The minimum Gasteiger partial charge on any atom is -0.397 e. The van der Waals surface area contributed by atoms with Crippen molar-refractivity contribution in [2.45, 2.75) is 25.4 Å². The average molecular weight is 247 g/mol. The van der Waals surface area contributed by atoms with Crippen LogP contribution in [0.5, 0.6) is 0 Å². The van der Waals surface area contributed by atoms with E-state index in [4.69, 9.17) is 5.73 Å². The number of nitrogen functional groups attached to an aromatic ring is 1. The van der Waals surface area contributed by atoms with E-state index in [0.717, 1.165) is 42.0 Å². The normalized spacial score (nSPS) is 22.8. The van der Waals surface area contributed by atoms with Crippen LogP contribution in [-0.2, 0) is 11.2 Å². The SMILES string of the molecule is Nc1cc2c(cc1N1CCC(O)C1)NC(=O)CC2. The second-order valence-electron chi connectivity index (χ2n) is 5.00. The highest BCUT2D eigenvalue weighted by Gasteiger charge is 2.24. The third-order valence-electron chi connectivity index (χ3n) is 3.65. The minimum absolute atomic E-state index is 0.0553. The summed E-state index contributed by atoms with van der Waals surface area (Å²) < 4.78 is 0. The summed E-state index contributed by atoms with van der Waals surface area (Å²) in [4.78, 5) is 13.5. The van der Waals surface area contributed by atoms with Crippen molar-refractivity contribution in [3.8, 4) is 0 Å². The second kappa shape index (κ2) is 4.17. The Morgan fingerprint density at radius 3 is 2.94 bits per heavy atom. The van der Waals surface area contributed by atoms with Crippen LogP contribution in [-0.4, -0.2) is 30.2 Å². The summed E-state index contributed by atoms with van der Waals surface area (Å²) in [6.07, 6.45) is 1.75. The molecule has 0 spiro atoms. The zero-order chi connectivity index (χ0) is 12.7. The largest absolute Gasteiger partial charge is 0.397 e. The van der Waals surface area contributed by atoms with Crippen molar-refractivity contribution < 1.29 is 9.90 Å². The number of benzene rings is 1. The maximum absolute atomic E-state index is 11.4. The molecular formula is C13H17N3O2. The molecular weight excluding hydrogens is 230 g/mol. The molecule has 0 aromatic heterocycles. The van der Waals surface area contributed by atoms with Gasteiger partial charge >= 0.3 is 0 Å². The third-order valence-corrected chi connectivity index (χ3v) is 3.65. The lowest BCUT2D eigenvalue weighted by molar-refractivity contribution is -0.116. The quantitative estimate of drug-likeness (QED) is 0.639. The van der Waals surface area contributed by atoms with Crippen molar-refractivity contribution in [1.82, 2.24) is 0 Å². The van der Waals surface area contributed by atoms with E-state index in [1.54, 1.807) is 0 Å². The molecule has 4 N–H and O–H groups in total. The van der Waals surface area contributed by atoms with Crippen LogP contribution in [0.25, 0.3) is 0 Å². The second-order valence-corrected chi connectivity index (χ2v) is 5.00. The van der Waals surface area contributed by atoms with Gasteiger partial charge in [0, 0.05) is 25.2 Å². The van der Waals surface area contributed by atoms with Crippen LogP contribution in [0.1, 0.15) is 18.4 Å². The van der Waals surface area contributed by atoms with Gasteiger partial charge in [0.05, 0.1) is 17.5 Å². The molecule has 0 aliphatic carbocycles. The highest BCUT2D eigenvalue weighted by molar-refractivity contribution is 5.95. The molecule has 1 atom stereocenters. The maximum atomic E-state index is 11.4. The molecule has 5 heteroatoms. The standard InChI is InChI=1S/C13H17N3O2/c14-10-5-8-1-2-13(18)15-11(8)6-12(10)16-4-3-9(17)7-16/h5-6,9,17H,1-4,7,14H2,(H,15,18). The summed E-state index contributed by atoms with van der Waals surface area (Å²) in [6.45, 7) is 1.41. The lowest BCUT2D eigenvalue weighted by Gasteiger charge is -2.24. The zero-order valence-corrected chi connectivity index (χ0v) is 10.1. The number of rotatable bonds is 1. The number of carbonyl (C=O) groups excluding carboxylic acids is 1. The lowest BCUT2D eigenvalue weighted by atomic mass is 10.0. The van der Waals surface area contributed by atoms with Gasteiger partial charge in [-0.15, -0.1) is 0 Å². The van der Waals surface area contributed by atoms with Crippen molar-refractivity contribution in [2.24, 2.45) is 0 Å². The van der Waals surface area contributed by atoms with E-state index in [-0.39, 0.29) is 12.0 Å². The summed E-state index contributed by atoms with van der Waals surface area (Å²) in [6, 6.07) is 3.87. The van der Waals surface area contributed by atoms with Gasteiger partial charge in [0.15, 0.2) is 0 Å². The smallest absolute Gasteiger partial charge is 0.224 e. The molecule has 0 bridgehead atoms. The number of amides is 1. The molecule has 1 fully saturated rings. The van der Waals surface area contributed by atoms with Gasteiger partial charge in [-0.2, -0.15) is 0 Å². The first-order valence-corrected chi connectivity index (χ1v) is 6.29. The Balaban J connectivity index is 1.95. The Hall–Kier alpha value is -1.75. The van der Waals surface area contributed by atoms with Crippen molar-refractivity contribution in [3.05, 3.63) is 17.7 Å². The van der Waals surface area contributed by atoms with Gasteiger partial charge in [-0.05, 0) is 30.5 Å². The summed E-state index contributed by atoms with van der Waals surface area (Å²) in [5, 5.41) is 12.5. The fourth-order valence-electron chi connectivity index (χ4n) is 2.67. The number of anilines is 3. The van der Waals surface area contributed by atoms with E-state index in [9.17, 15) is 9.90 Å². The monoisotopic (exact) mass is 247 g/mol. The number of fused-ring (bicyclic) bond motifs is 1. The Bertz CT molecular complexity index is 501. The number of aliphatic hydroxyl groups is 1. The van der Waals surface area contributed by atoms with Crippen molar-refractivity contribution in [1.29, 1.82) is 0 Å². The van der Waals surface area contributed by atoms with Crippen LogP contribution in [0.2, 0.25) is 0 Å². The van der Waals surface area contributed by atoms with Gasteiger partial charge in [-0.3, -0.25) is 4.79 Å². The molecule has 0 radical (unpaired) electrons. The van der Waals surface area contributed by atoms with Crippen LogP contribution in [0, 0.1) is 0 Å². The summed E-state index contributed by atoms with van der Waals surface area (Å²) >= 11 is 0. The molecule has 5 nitrogen and oxygen atoms in total. The molecule has 1 amide bonds. The van der Waals surface area contributed by atoms with Gasteiger partial charge in [0.2, 0.25) is 5.91 Å². The van der Waals surface area contributed by atoms with E-state index in [1.165, 1.54) is 0 Å². The Kier molecular flexibility index (Phi) is 2.63. The molecule has 2 heterocycles. The number of hydrogen-bond donors (Lipinski definition) is 3. The number of nitrogens with zero attached hydrogens (tertiary/aromatic N) is 1. The van der Waals surface area contributed by atoms with E-state index >= 15 is 0 Å². The van der Waals surface area contributed by atoms with E-state index in [1.807, 2.05) is 12.1 Å². The van der Waals surface area contributed by atoms with Gasteiger partial charge in [-0.25, -0.2) is 0 Å². The van der Waals surface area contributed by atoms with Crippen LogP contribution >= 0.6 is 0 Å². The first-order valence-electron chi connectivity index (χ1n) is 6.29. The van der Waals surface area contributed by atoms with Crippen molar-refractivity contribution in [2.75, 3.05) is 29.0 Å². The third kappa shape index (κ3) is 1.90. The number of carbonyl (C=O) groups is 1. The molecule has 1 saturated heterocycles. The molecule has 96 valence electrons. The molecule has 3 rings (SSSR count). The fourth-order valence-corrected chi connectivity index (χ4v) is 2.67. The van der Waals surface area contributed by atoms with Gasteiger partial charge in [0.1, 0.15) is 0 Å². The summed E-state index contributed by atoms with van der Waals surface area (Å²) in [7, 11) is 0. The Labute approximate surface area is 106 Å². The van der Waals surface area contributed by atoms with E-state index < -0.39 is 0 Å². The number of nitrogens with one attached hydrogen (secondary N) is 1. The molecule has 1 unspecified atom stereocenters. The first-order chi connectivity index (χ1) is 8.63. The summed E-state index contributed by atoms with van der Waals surface area (Å²) in [5.74, 6) is 0.0553. The van der Waals surface area contributed by atoms with Gasteiger partial charge < -0.3 is 21.1 Å². The van der Waals surface area contributed by atoms with Crippen molar-refractivity contribution in [3.63, 3.8) is 0 Å².